The molecule has 0 aliphatic rings. The molecule has 108 valence electrons. The highest BCUT2D eigenvalue weighted by atomic mass is 32.2. The number of hydrogen-bond donors (Lipinski definition) is 1. The fourth-order valence-electron chi connectivity index (χ4n) is 1.57. The number of nitrogens with zero attached hydrogens (tertiary/aromatic N) is 2. The first-order valence-electron chi connectivity index (χ1n) is 5.92. The van der Waals surface area contributed by atoms with Gasteiger partial charge in [0.1, 0.15) is 0 Å². The summed E-state index contributed by atoms with van der Waals surface area (Å²) in [7, 11) is -0.357. The zero-order valence-corrected chi connectivity index (χ0v) is 12.8. The van der Waals surface area contributed by atoms with Crippen LogP contribution in [0.15, 0.2) is 23.7 Å². The normalized spacial score (nSPS) is 11.9. The van der Waals surface area contributed by atoms with Crippen LogP contribution < -0.4 is 5.32 Å². The molecule has 0 unspecified atom stereocenters. The molecule has 1 aromatic heterocycles. The Morgan fingerprint density at radius 2 is 2.15 bits per heavy atom. The van der Waals surface area contributed by atoms with Gasteiger partial charge in [0.25, 0.3) is 5.91 Å². The van der Waals surface area contributed by atoms with Gasteiger partial charge >= 0.3 is 0 Å². The van der Waals surface area contributed by atoms with Crippen LogP contribution in [0.4, 0.5) is 0 Å². The van der Waals surface area contributed by atoms with Gasteiger partial charge in [-0.15, -0.1) is 11.3 Å². The molecule has 6 nitrogen and oxygen atoms in total. The van der Waals surface area contributed by atoms with Crippen LogP contribution in [-0.4, -0.2) is 50.0 Å². The van der Waals surface area contributed by atoms with Gasteiger partial charge < -0.3 is 5.32 Å². The fraction of sp³-hybridized carbons (Fsp3) is 0.333. The van der Waals surface area contributed by atoms with E-state index in [0.29, 0.717) is 5.56 Å². The summed E-state index contributed by atoms with van der Waals surface area (Å²) in [6.07, 6.45) is 0. The summed E-state index contributed by atoms with van der Waals surface area (Å²) in [6.45, 7) is 0.0834. The molecule has 1 N–H and O–H groups in total. The number of aromatic nitrogens is 1. The van der Waals surface area contributed by atoms with Crippen molar-refractivity contribution in [3.05, 3.63) is 29.3 Å². The summed E-state index contributed by atoms with van der Waals surface area (Å²) >= 11 is 1.46. The number of fused-ring (bicyclic) bond motifs is 1. The summed E-state index contributed by atoms with van der Waals surface area (Å²) in [6, 6.07) is 5.21. The number of amides is 1. The fourth-order valence-corrected chi connectivity index (χ4v) is 3.02. The minimum Gasteiger partial charge on any atom is -0.351 e. The molecule has 0 atom stereocenters. The second kappa shape index (κ2) is 5.86. The summed E-state index contributed by atoms with van der Waals surface area (Å²) in [5, 5.41) is 2.61. The molecule has 20 heavy (non-hydrogen) atoms. The average molecular weight is 313 g/mol. The van der Waals surface area contributed by atoms with Crippen molar-refractivity contribution in [2.45, 2.75) is 0 Å². The van der Waals surface area contributed by atoms with Gasteiger partial charge in [0.05, 0.1) is 21.5 Å². The van der Waals surface area contributed by atoms with Gasteiger partial charge in [-0.1, -0.05) is 0 Å². The maximum absolute atomic E-state index is 11.9. The standard InChI is InChI=1S/C12H15N3O3S2/c1-15(2)20(17,18)6-5-13-12(16)9-3-4-10-11(7-9)19-8-14-10/h3-4,7-8H,5-6H2,1-2H3,(H,13,16). The number of nitrogens with one attached hydrogen (secondary N) is 1. The van der Waals surface area contributed by atoms with Crippen LogP contribution in [0.2, 0.25) is 0 Å². The lowest BCUT2D eigenvalue weighted by atomic mass is 10.2. The zero-order valence-electron chi connectivity index (χ0n) is 11.2. The summed E-state index contributed by atoms with van der Waals surface area (Å²) in [5.41, 5.74) is 3.07. The van der Waals surface area contributed by atoms with Gasteiger partial charge in [-0.2, -0.15) is 0 Å². The second-order valence-corrected chi connectivity index (χ2v) is 7.58. The van der Waals surface area contributed by atoms with Crippen LogP contribution in [0.3, 0.4) is 0 Å². The Kier molecular flexibility index (Phi) is 4.36. The third-order valence-electron chi connectivity index (χ3n) is 2.80. The molecule has 8 heteroatoms. The largest absolute Gasteiger partial charge is 0.351 e. The first-order valence-corrected chi connectivity index (χ1v) is 8.41. The van der Waals surface area contributed by atoms with Crippen molar-refractivity contribution in [2.24, 2.45) is 0 Å². The van der Waals surface area contributed by atoms with Crippen molar-refractivity contribution in [1.29, 1.82) is 0 Å². The lowest BCUT2D eigenvalue weighted by molar-refractivity contribution is 0.0956. The molecule has 0 saturated heterocycles. The Morgan fingerprint density at radius 3 is 2.85 bits per heavy atom. The van der Waals surface area contributed by atoms with Crippen molar-refractivity contribution in [2.75, 3.05) is 26.4 Å². The SMILES string of the molecule is CN(C)S(=O)(=O)CCNC(=O)c1ccc2ncsc2c1. The summed E-state index contributed by atoms with van der Waals surface area (Å²) in [4.78, 5) is 16.1. The molecule has 2 rings (SSSR count). The lowest BCUT2D eigenvalue weighted by Gasteiger charge is -2.11. The number of sulfonamides is 1. The second-order valence-electron chi connectivity index (χ2n) is 4.39. The number of carbonyl (C=O) groups excluding carboxylic acids is 1. The van der Waals surface area contributed by atoms with Crippen molar-refractivity contribution in [3.63, 3.8) is 0 Å². The van der Waals surface area contributed by atoms with E-state index in [2.05, 4.69) is 10.3 Å². The van der Waals surface area contributed by atoms with Gasteiger partial charge in [0.15, 0.2) is 0 Å². The number of rotatable bonds is 5. The predicted octanol–water partition coefficient (Wildman–Crippen LogP) is 0.918. The summed E-state index contributed by atoms with van der Waals surface area (Å²) < 4.78 is 25.2. The maximum Gasteiger partial charge on any atom is 0.251 e. The monoisotopic (exact) mass is 313 g/mol. The van der Waals surface area contributed by atoms with Crippen LogP contribution in [-0.2, 0) is 10.0 Å². The third kappa shape index (κ3) is 3.33. The minimum absolute atomic E-state index is 0.0834. The van der Waals surface area contributed by atoms with Crippen molar-refractivity contribution < 1.29 is 13.2 Å². The Bertz CT molecular complexity index is 722. The molecule has 0 aliphatic heterocycles. The van der Waals surface area contributed by atoms with Gasteiger partial charge in [-0.25, -0.2) is 17.7 Å². The number of carbonyl (C=O) groups is 1. The lowest BCUT2D eigenvalue weighted by Crippen LogP contribution is -2.33. The van der Waals surface area contributed by atoms with E-state index < -0.39 is 10.0 Å². The first-order chi connectivity index (χ1) is 9.40. The molecule has 0 saturated carbocycles. The number of hydrogen-bond acceptors (Lipinski definition) is 5. The highest BCUT2D eigenvalue weighted by molar-refractivity contribution is 7.89. The molecule has 1 amide bonds. The van der Waals surface area contributed by atoms with Crippen molar-refractivity contribution in [1.82, 2.24) is 14.6 Å². The Balaban J connectivity index is 1.98. The van der Waals surface area contributed by atoms with E-state index >= 15 is 0 Å². The van der Waals surface area contributed by atoms with Gasteiger partial charge in [0.2, 0.25) is 10.0 Å². The molecule has 0 radical (unpaired) electrons. The molecule has 1 aromatic carbocycles. The predicted molar refractivity (Wildman–Crippen MR) is 79.4 cm³/mol. The summed E-state index contributed by atoms with van der Waals surface area (Å²) in [5.74, 6) is -0.400. The minimum atomic E-state index is -3.29. The molecule has 0 aliphatic carbocycles. The molecule has 1 heterocycles. The van der Waals surface area contributed by atoms with Crippen LogP contribution in [0.25, 0.3) is 10.2 Å². The first kappa shape index (κ1) is 14.9. The van der Waals surface area contributed by atoms with Crippen LogP contribution >= 0.6 is 11.3 Å². The van der Waals surface area contributed by atoms with E-state index in [9.17, 15) is 13.2 Å². The smallest absolute Gasteiger partial charge is 0.251 e. The van der Waals surface area contributed by atoms with E-state index in [1.54, 1.807) is 23.7 Å². The Morgan fingerprint density at radius 1 is 1.40 bits per heavy atom. The van der Waals surface area contributed by atoms with Crippen molar-refractivity contribution >= 4 is 37.5 Å². The molecule has 0 spiro atoms. The third-order valence-corrected chi connectivity index (χ3v) is 5.42. The highest BCUT2D eigenvalue weighted by Gasteiger charge is 2.14. The van der Waals surface area contributed by atoms with E-state index in [0.717, 1.165) is 14.5 Å². The van der Waals surface area contributed by atoms with Gasteiger partial charge in [0, 0.05) is 26.2 Å². The zero-order chi connectivity index (χ0) is 14.8. The van der Waals surface area contributed by atoms with Gasteiger partial charge in [-0.3, -0.25) is 4.79 Å². The molecule has 0 fully saturated rings. The molecular formula is C12H15N3O3S2. The van der Waals surface area contributed by atoms with Crippen LogP contribution in [0.1, 0.15) is 10.4 Å². The van der Waals surface area contributed by atoms with E-state index in [-0.39, 0.29) is 18.2 Å². The average Bonchev–Trinajstić information content (AvgIpc) is 2.85. The Hall–Kier alpha value is -1.51. The Labute approximate surface area is 121 Å². The topological polar surface area (TPSA) is 79.4 Å². The number of benzene rings is 1. The molecule has 0 bridgehead atoms. The van der Waals surface area contributed by atoms with Crippen LogP contribution in [0.5, 0.6) is 0 Å². The maximum atomic E-state index is 11.9. The molecular weight excluding hydrogens is 298 g/mol. The quantitative estimate of drug-likeness (QED) is 0.890. The van der Waals surface area contributed by atoms with E-state index in [1.165, 1.54) is 25.4 Å². The van der Waals surface area contributed by atoms with E-state index in [4.69, 9.17) is 0 Å². The van der Waals surface area contributed by atoms with Crippen LogP contribution in [0, 0.1) is 0 Å². The van der Waals surface area contributed by atoms with Crippen molar-refractivity contribution in [3.8, 4) is 0 Å². The van der Waals surface area contributed by atoms with Gasteiger partial charge in [-0.05, 0) is 18.2 Å². The number of thiazole rings is 1. The highest BCUT2D eigenvalue weighted by Crippen LogP contribution is 2.18. The molecule has 2 aromatic rings. The van der Waals surface area contributed by atoms with E-state index in [1.807, 2.05) is 0 Å².